The average molecular weight is 261 g/mol. The number of benzene rings is 1. The van der Waals surface area contributed by atoms with Crippen LogP contribution in [0.2, 0.25) is 0 Å². The molecular weight excluding hydrogens is 245 g/mol. The van der Waals surface area contributed by atoms with Crippen molar-refractivity contribution in [1.82, 2.24) is 9.97 Å². The van der Waals surface area contributed by atoms with Gasteiger partial charge in [-0.15, -0.1) is 0 Å². The Bertz CT molecular complexity index is 573. The summed E-state index contributed by atoms with van der Waals surface area (Å²) in [5.74, 6) is 1.14. The number of nitrogen functional groups attached to an aromatic ring is 1. The van der Waals surface area contributed by atoms with Crippen molar-refractivity contribution in [3.05, 3.63) is 36.1 Å². The van der Waals surface area contributed by atoms with Crippen LogP contribution in [0.15, 0.2) is 30.3 Å². The zero-order valence-corrected chi connectivity index (χ0v) is 10.9. The summed E-state index contributed by atoms with van der Waals surface area (Å²) in [4.78, 5) is 10.1. The van der Waals surface area contributed by atoms with E-state index in [2.05, 4.69) is 15.3 Å². The number of anilines is 4. The molecule has 1 aromatic carbocycles. The molecule has 19 heavy (non-hydrogen) atoms. The molecule has 3 N–H and O–H groups in total. The van der Waals surface area contributed by atoms with Gasteiger partial charge in [-0.25, -0.2) is 4.39 Å². The Labute approximate surface area is 111 Å². The smallest absolute Gasteiger partial charge is 0.223 e. The molecule has 0 saturated heterocycles. The second-order valence-corrected chi connectivity index (χ2v) is 3.94. The summed E-state index contributed by atoms with van der Waals surface area (Å²) in [6, 6.07) is 8.12. The number of nitrogens with zero attached hydrogens (tertiary/aromatic N) is 3. The first-order valence-electron chi connectivity index (χ1n) is 5.99. The summed E-state index contributed by atoms with van der Waals surface area (Å²) >= 11 is 0. The maximum absolute atomic E-state index is 13.3. The predicted molar refractivity (Wildman–Crippen MR) is 75.1 cm³/mol. The lowest BCUT2D eigenvalue weighted by molar-refractivity contribution is 0.627. The quantitative estimate of drug-likeness (QED) is 0.884. The van der Waals surface area contributed by atoms with Crippen LogP contribution in [0.4, 0.5) is 27.7 Å². The molecule has 0 atom stereocenters. The van der Waals surface area contributed by atoms with Gasteiger partial charge in [-0.05, 0) is 25.1 Å². The molecule has 1 heterocycles. The third kappa shape index (κ3) is 2.90. The molecule has 0 aliphatic carbocycles. The zero-order chi connectivity index (χ0) is 13.8. The summed E-state index contributed by atoms with van der Waals surface area (Å²) in [5, 5.41) is 2.92. The van der Waals surface area contributed by atoms with Crippen LogP contribution < -0.4 is 16.0 Å². The first-order chi connectivity index (χ1) is 9.13. The Morgan fingerprint density at radius 1 is 1.32 bits per heavy atom. The fourth-order valence-corrected chi connectivity index (χ4v) is 1.84. The highest BCUT2D eigenvalue weighted by Gasteiger charge is 2.11. The van der Waals surface area contributed by atoms with Crippen LogP contribution in [0.1, 0.15) is 6.92 Å². The summed E-state index contributed by atoms with van der Waals surface area (Å²) < 4.78 is 13.3. The lowest BCUT2D eigenvalue weighted by atomic mass is 10.2. The molecule has 6 heteroatoms. The maximum atomic E-state index is 13.3. The molecule has 2 rings (SSSR count). The SMILES string of the molecule is CCN(c1cccc(F)c1)c1cc(NC)nc(N)n1. The molecule has 0 radical (unpaired) electrons. The van der Waals surface area contributed by atoms with Gasteiger partial charge in [0.15, 0.2) is 0 Å². The van der Waals surface area contributed by atoms with Crippen molar-refractivity contribution in [2.75, 3.05) is 29.5 Å². The number of hydrogen-bond donors (Lipinski definition) is 2. The van der Waals surface area contributed by atoms with Crippen molar-refractivity contribution in [2.24, 2.45) is 0 Å². The lowest BCUT2D eigenvalue weighted by Crippen LogP contribution is -2.18. The van der Waals surface area contributed by atoms with Gasteiger partial charge in [-0.3, -0.25) is 0 Å². The topological polar surface area (TPSA) is 67.1 Å². The first kappa shape index (κ1) is 13.1. The van der Waals surface area contributed by atoms with Gasteiger partial charge in [-0.1, -0.05) is 6.07 Å². The van der Waals surface area contributed by atoms with E-state index in [0.717, 1.165) is 5.69 Å². The molecule has 0 aliphatic rings. The summed E-state index contributed by atoms with van der Waals surface area (Å²) in [6.45, 7) is 2.60. The van der Waals surface area contributed by atoms with Gasteiger partial charge < -0.3 is 16.0 Å². The van der Waals surface area contributed by atoms with Crippen LogP contribution in [0.3, 0.4) is 0 Å². The Morgan fingerprint density at radius 2 is 2.11 bits per heavy atom. The van der Waals surface area contributed by atoms with E-state index in [1.54, 1.807) is 19.2 Å². The highest BCUT2D eigenvalue weighted by molar-refractivity contribution is 5.63. The van der Waals surface area contributed by atoms with E-state index < -0.39 is 0 Å². The Balaban J connectivity index is 2.44. The van der Waals surface area contributed by atoms with Crippen LogP contribution in [-0.4, -0.2) is 23.6 Å². The highest BCUT2D eigenvalue weighted by atomic mass is 19.1. The van der Waals surface area contributed by atoms with Crippen LogP contribution in [0.5, 0.6) is 0 Å². The normalized spacial score (nSPS) is 10.3. The van der Waals surface area contributed by atoms with Crippen LogP contribution in [-0.2, 0) is 0 Å². The minimum absolute atomic E-state index is 0.178. The lowest BCUT2D eigenvalue weighted by Gasteiger charge is -2.22. The molecular formula is C13H16FN5. The molecule has 0 spiro atoms. The Kier molecular flexibility index (Phi) is 3.79. The third-order valence-electron chi connectivity index (χ3n) is 2.70. The number of aromatic nitrogens is 2. The molecule has 5 nitrogen and oxygen atoms in total. The van der Waals surface area contributed by atoms with Crippen molar-refractivity contribution >= 4 is 23.3 Å². The predicted octanol–water partition coefficient (Wildman–Crippen LogP) is 2.40. The van der Waals surface area contributed by atoms with Crippen molar-refractivity contribution in [3.63, 3.8) is 0 Å². The molecule has 0 fully saturated rings. The second kappa shape index (κ2) is 5.51. The summed E-state index contributed by atoms with van der Waals surface area (Å²) in [5.41, 5.74) is 6.40. The number of nitrogens with two attached hydrogens (primary N) is 1. The molecule has 0 amide bonds. The van der Waals surface area contributed by atoms with Crippen LogP contribution >= 0.6 is 0 Å². The van der Waals surface area contributed by atoms with Crippen molar-refractivity contribution < 1.29 is 4.39 Å². The second-order valence-electron chi connectivity index (χ2n) is 3.94. The number of hydrogen-bond acceptors (Lipinski definition) is 5. The standard InChI is InChI=1S/C13H16FN5/c1-3-19(10-6-4-5-9(14)7-10)12-8-11(16-2)17-13(15)18-12/h4-8H,3H2,1-2H3,(H3,15,16,17,18). The minimum atomic E-state index is -0.285. The van der Waals surface area contributed by atoms with Gasteiger partial charge in [-0.2, -0.15) is 9.97 Å². The molecule has 100 valence electrons. The minimum Gasteiger partial charge on any atom is -0.373 e. The van der Waals surface area contributed by atoms with E-state index in [1.807, 2.05) is 17.9 Å². The van der Waals surface area contributed by atoms with E-state index >= 15 is 0 Å². The molecule has 0 bridgehead atoms. The van der Waals surface area contributed by atoms with Gasteiger partial charge >= 0.3 is 0 Å². The third-order valence-corrected chi connectivity index (χ3v) is 2.70. The summed E-state index contributed by atoms with van der Waals surface area (Å²) in [7, 11) is 1.75. The van der Waals surface area contributed by atoms with E-state index in [-0.39, 0.29) is 11.8 Å². The average Bonchev–Trinajstić information content (AvgIpc) is 2.39. The van der Waals surface area contributed by atoms with E-state index in [1.165, 1.54) is 12.1 Å². The zero-order valence-electron chi connectivity index (χ0n) is 10.9. The molecule has 1 aromatic heterocycles. The fourth-order valence-electron chi connectivity index (χ4n) is 1.84. The van der Waals surface area contributed by atoms with Gasteiger partial charge in [0.2, 0.25) is 5.95 Å². The van der Waals surface area contributed by atoms with Crippen LogP contribution in [0.25, 0.3) is 0 Å². The summed E-state index contributed by atoms with van der Waals surface area (Å²) in [6.07, 6.45) is 0. The maximum Gasteiger partial charge on any atom is 0.223 e. The number of nitrogens with one attached hydrogen (secondary N) is 1. The van der Waals surface area contributed by atoms with Crippen molar-refractivity contribution in [1.29, 1.82) is 0 Å². The van der Waals surface area contributed by atoms with Crippen LogP contribution in [0, 0.1) is 5.82 Å². The van der Waals surface area contributed by atoms with Crippen molar-refractivity contribution in [3.8, 4) is 0 Å². The van der Waals surface area contributed by atoms with Gasteiger partial charge in [0.1, 0.15) is 17.5 Å². The van der Waals surface area contributed by atoms with E-state index in [9.17, 15) is 4.39 Å². The van der Waals surface area contributed by atoms with E-state index in [4.69, 9.17) is 5.73 Å². The molecule has 2 aromatic rings. The number of halogens is 1. The molecule has 0 unspecified atom stereocenters. The van der Waals surface area contributed by atoms with Gasteiger partial charge in [0.05, 0.1) is 0 Å². The van der Waals surface area contributed by atoms with Crippen molar-refractivity contribution in [2.45, 2.75) is 6.92 Å². The van der Waals surface area contributed by atoms with E-state index in [0.29, 0.717) is 18.2 Å². The fraction of sp³-hybridized carbons (Fsp3) is 0.231. The molecule has 0 saturated carbocycles. The monoisotopic (exact) mass is 261 g/mol. The highest BCUT2D eigenvalue weighted by Crippen LogP contribution is 2.25. The molecule has 0 aliphatic heterocycles. The van der Waals surface area contributed by atoms with Gasteiger partial charge in [0, 0.05) is 25.3 Å². The first-order valence-corrected chi connectivity index (χ1v) is 5.99. The Morgan fingerprint density at radius 3 is 2.74 bits per heavy atom. The van der Waals surface area contributed by atoms with Gasteiger partial charge in [0.25, 0.3) is 0 Å². The number of rotatable bonds is 4. The Hall–Kier alpha value is -2.37. The largest absolute Gasteiger partial charge is 0.373 e.